The van der Waals surface area contributed by atoms with Gasteiger partial charge in [0.2, 0.25) is 0 Å². The first-order chi connectivity index (χ1) is 17.9. The van der Waals surface area contributed by atoms with Crippen molar-refractivity contribution in [3.05, 3.63) is 54.1 Å². The summed E-state index contributed by atoms with van der Waals surface area (Å²) in [5.41, 5.74) is 3.93. The summed E-state index contributed by atoms with van der Waals surface area (Å²) in [7, 11) is 0. The molecule has 1 aliphatic rings. The number of piperidine rings is 1. The van der Waals surface area contributed by atoms with E-state index in [0.717, 1.165) is 73.4 Å². The van der Waals surface area contributed by atoms with Crippen molar-refractivity contribution < 1.29 is 4.79 Å². The van der Waals surface area contributed by atoms with Crippen LogP contribution in [0.4, 0.5) is 0 Å². The number of likely N-dealkylation sites (tertiary alicyclic amines) is 1. The lowest BCUT2D eigenvalue weighted by Gasteiger charge is -2.26. The van der Waals surface area contributed by atoms with Gasteiger partial charge in [0.05, 0.1) is 11.0 Å². The first-order valence-corrected chi connectivity index (χ1v) is 14.5. The lowest BCUT2D eigenvalue weighted by molar-refractivity contribution is 0.0741. The number of rotatable bonds is 12. The topological polar surface area (TPSA) is 41.4 Å². The molecular weight excluding hydrogens is 456 g/mol. The molecule has 1 aromatic heterocycles. The summed E-state index contributed by atoms with van der Waals surface area (Å²) < 4.78 is 2.35. The highest BCUT2D eigenvalue weighted by Gasteiger charge is 2.20. The van der Waals surface area contributed by atoms with Gasteiger partial charge in [0, 0.05) is 30.8 Å². The minimum Gasteiger partial charge on any atom is -0.339 e. The Kier molecular flexibility index (Phi) is 9.79. The van der Waals surface area contributed by atoms with Crippen molar-refractivity contribution in [1.29, 1.82) is 0 Å². The summed E-state index contributed by atoms with van der Waals surface area (Å²) in [5, 5.41) is 0. The van der Waals surface area contributed by atoms with Gasteiger partial charge in [0.25, 0.3) is 5.91 Å². The Morgan fingerprint density at radius 1 is 0.892 bits per heavy atom. The number of nitrogens with zero attached hydrogens (tertiary/aromatic N) is 4. The van der Waals surface area contributed by atoms with Crippen LogP contribution < -0.4 is 0 Å². The normalized spacial score (nSPS) is 14.6. The van der Waals surface area contributed by atoms with Crippen LogP contribution in [0.3, 0.4) is 0 Å². The number of amides is 1. The van der Waals surface area contributed by atoms with Crippen molar-refractivity contribution in [3.8, 4) is 11.4 Å². The summed E-state index contributed by atoms with van der Waals surface area (Å²) in [6.45, 7) is 15.0. The van der Waals surface area contributed by atoms with Crippen LogP contribution in [0.15, 0.2) is 48.5 Å². The van der Waals surface area contributed by atoms with Crippen molar-refractivity contribution in [2.75, 3.05) is 32.7 Å². The number of hydrogen-bond acceptors (Lipinski definition) is 3. The molecule has 37 heavy (non-hydrogen) atoms. The molecule has 4 rings (SSSR count). The Labute approximate surface area is 223 Å². The lowest BCUT2D eigenvalue weighted by atomic mass is 10.1. The number of carbonyl (C=O) groups is 1. The van der Waals surface area contributed by atoms with Crippen molar-refractivity contribution in [3.63, 3.8) is 0 Å². The lowest BCUT2D eigenvalue weighted by Crippen LogP contribution is -2.34. The molecule has 5 nitrogen and oxygen atoms in total. The number of benzene rings is 2. The fourth-order valence-corrected chi connectivity index (χ4v) is 5.25. The van der Waals surface area contributed by atoms with Gasteiger partial charge in [-0.3, -0.25) is 4.79 Å². The maximum absolute atomic E-state index is 13.7. The predicted octanol–water partition coefficient (Wildman–Crippen LogP) is 7.11. The highest BCUT2D eigenvalue weighted by molar-refractivity contribution is 5.98. The summed E-state index contributed by atoms with van der Waals surface area (Å²) >= 11 is 0. The number of aromatic nitrogens is 2. The predicted molar refractivity (Wildman–Crippen MR) is 155 cm³/mol. The molecule has 0 saturated carbocycles. The maximum Gasteiger partial charge on any atom is 0.253 e. The number of carbonyl (C=O) groups excluding carboxylic acids is 1. The van der Waals surface area contributed by atoms with Gasteiger partial charge >= 0.3 is 0 Å². The second-order valence-electron chi connectivity index (χ2n) is 11.6. The number of fused-ring (bicyclic) bond motifs is 1. The second-order valence-corrected chi connectivity index (χ2v) is 11.6. The fourth-order valence-electron chi connectivity index (χ4n) is 5.25. The Bertz CT molecular complexity index is 1120. The molecule has 1 aliphatic heterocycles. The van der Waals surface area contributed by atoms with Crippen LogP contribution in [0, 0.1) is 11.8 Å². The first kappa shape index (κ1) is 27.4. The minimum absolute atomic E-state index is 0.144. The average molecular weight is 503 g/mol. The molecule has 1 fully saturated rings. The van der Waals surface area contributed by atoms with E-state index in [-0.39, 0.29) is 5.91 Å². The molecule has 200 valence electrons. The Hall–Kier alpha value is -2.66. The van der Waals surface area contributed by atoms with Crippen molar-refractivity contribution in [2.24, 2.45) is 11.8 Å². The highest BCUT2D eigenvalue weighted by Crippen LogP contribution is 2.27. The van der Waals surface area contributed by atoms with E-state index in [1.165, 1.54) is 32.4 Å². The molecule has 1 saturated heterocycles. The van der Waals surface area contributed by atoms with Gasteiger partial charge in [-0.2, -0.15) is 0 Å². The van der Waals surface area contributed by atoms with Crippen molar-refractivity contribution in [1.82, 2.24) is 19.4 Å². The number of imidazole rings is 1. The summed E-state index contributed by atoms with van der Waals surface area (Å²) in [4.78, 5) is 23.4. The van der Waals surface area contributed by atoms with E-state index in [2.05, 4.69) is 72.4 Å². The molecule has 2 aromatic carbocycles. The molecule has 0 spiro atoms. The fraction of sp³-hybridized carbons (Fsp3) is 0.562. The van der Waals surface area contributed by atoms with Crippen molar-refractivity contribution in [2.45, 2.75) is 72.8 Å². The largest absolute Gasteiger partial charge is 0.339 e. The monoisotopic (exact) mass is 502 g/mol. The van der Waals surface area contributed by atoms with E-state index in [1.54, 1.807) is 0 Å². The SMILES string of the molecule is CC(C)CCN(CCC(C)C)C(=O)c1ccc2nc(-c3ccccc3)n(CCCN3CCCCC3)c2c1. The highest BCUT2D eigenvalue weighted by atomic mass is 16.2. The maximum atomic E-state index is 13.7. The van der Waals surface area contributed by atoms with Crippen LogP contribution in [-0.4, -0.2) is 58.0 Å². The number of aryl methyl sites for hydroxylation is 1. The molecule has 0 aliphatic carbocycles. The third-order valence-electron chi connectivity index (χ3n) is 7.57. The summed E-state index contributed by atoms with van der Waals surface area (Å²) in [5.74, 6) is 2.29. The van der Waals surface area contributed by atoms with Gasteiger partial charge in [0.15, 0.2) is 0 Å². The zero-order chi connectivity index (χ0) is 26.2. The molecule has 0 N–H and O–H groups in total. The smallest absolute Gasteiger partial charge is 0.253 e. The number of hydrogen-bond donors (Lipinski definition) is 0. The zero-order valence-corrected chi connectivity index (χ0v) is 23.5. The standard InChI is InChI=1S/C32H46N4O/c1-25(2)16-22-35(23-17-26(3)4)32(37)28-14-15-29-30(24-28)36(21-11-20-34-18-9-6-10-19-34)31(33-29)27-12-7-5-8-13-27/h5,7-8,12-15,24-26H,6,9-11,16-23H2,1-4H3. The molecule has 5 heteroatoms. The zero-order valence-electron chi connectivity index (χ0n) is 23.5. The van der Waals surface area contributed by atoms with Gasteiger partial charge < -0.3 is 14.4 Å². The van der Waals surface area contributed by atoms with Crippen LogP contribution in [-0.2, 0) is 6.54 Å². The molecule has 0 unspecified atom stereocenters. The van der Waals surface area contributed by atoms with E-state index in [9.17, 15) is 4.79 Å². The van der Waals surface area contributed by atoms with Crippen LogP contribution >= 0.6 is 0 Å². The van der Waals surface area contributed by atoms with Crippen LogP contribution in [0.5, 0.6) is 0 Å². The van der Waals surface area contributed by atoms with Crippen LogP contribution in [0.1, 0.15) is 76.6 Å². The van der Waals surface area contributed by atoms with Crippen molar-refractivity contribution >= 4 is 16.9 Å². The van der Waals surface area contributed by atoms with Crippen LogP contribution in [0.2, 0.25) is 0 Å². The minimum atomic E-state index is 0.144. The molecule has 3 aromatic rings. The first-order valence-electron chi connectivity index (χ1n) is 14.5. The Morgan fingerprint density at radius 2 is 1.57 bits per heavy atom. The summed E-state index contributed by atoms with van der Waals surface area (Å²) in [6.07, 6.45) is 7.14. The molecule has 2 heterocycles. The third-order valence-corrected chi connectivity index (χ3v) is 7.57. The van der Waals surface area contributed by atoms with E-state index < -0.39 is 0 Å². The van der Waals surface area contributed by atoms with Crippen LogP contribution in [0.25, 0.3) is 22.4 Å². The molecule has 0 atom stereocenters. The molecule has 1 amide bonds. The van der Waals surface area contributed by atoms with Gasteiger partial charge in [0.1, 0.15) is 5.82 Å². The van der Waals surface area contributed by atoms with Gasteiger partial charge in [-0.15, -0.1) is 0 Å². The Balaban J connectivity index is 1.62. The van der Waals surface area contributed by atoms with Gasteiger partial charge in [-0.1, -0.05) is 64.4 Å². The summed E-state index contributed by atoms with van der Waals surface area (Å²) in [6, 6.07) is 16.6. The molecular formula is C32H46N4O. The molecule has 0 bridgehead atoms. The quantitative estimate of drug-likeness (QED) is 0.265. The third kappa shape index (κ3) is 7.44. The average Bonchev–Trinajstić information content (AvgIpc) is 3.27. The Morgan fingerprint density at radius 3 is 2.22 bits per heavy atom. The van der Waals surface area contributed by atoms with E-state index in [0.29, 0.717) is 11.8 Å². The van der Waals surface area contributed by atoms with E-state index in [1.807, 2.05) is 18.2 Å². The molecule has 0 radical (unpaired) electrons. The van der Waals surface area contributed by atoms with E-state index in [4.69, 9.17) is 4.98 Å². The van der Waals surface area contributed by atoms with E-state index >= 15 is 0 Å². The van der Waals surface area contributed by atoms with Gasteiger partial charge in [-0.05, 0) is 81.8 Å². The second kappa shape index (κ2) is 13.2. The van der Waals surface area contributed by atoms with Gasteiger partial charge in [-0.25, -0.2) is 4.98 Å².